The summed E-state index contributed by atoms with van der Waals surface area (Å²) in [5.41, 5.74) is -0.0474. The van der Waals surface area contributed by atoms with Gasteiger partial charge in [0.25, 0.3) is 5.91 Å². The van der Waals surface area contributed by atoms with Gasteiger partial charge in [-0.15, -0.1) is 12.3 Å². The predicted molar refractivity (Wildman–Crippen MR) is 56.1 cm³/mol. The van der Waals surface area contributed by atoms with Gasteiger partial charge in [-0.3, -0.25) is 4.79 Å². The molecular formula is C11H11NO4. The van der Waals surface area contributed by atoms with Gasteiger partial charge in [-0.25, -0.2) is 4.79 Å². The molecule has 0 fully saturated rings. The summed E-state index contributed by atoms with van der Waals surface area (Å²) in [7, 11) is 0. The summed E-state index contributed by atoms with van der Waals surface area (Å²) >= 11 is 0. The summed E-state index contributed by atoms with van der Waals surface area (Å²) in [5, 5.41) is 11.2. The van der Waals surface area contributed by atoms with Crippen LogP contribution in [0.15, 0.2) is 16.7 Å². The maximum atomic E-state index is 11.4. The van der Waals surface area contributed by atoms with Crippen LogP contribution in [0.1, 0.15) is 33.8 Å². The number of furan rings is 1. The Balaban J connectivity index is 2.47. The number of hydrogen-bond donors (Lipinski definition) is 2. The van der Waals surface area contributed by atoms with Crippen molar-refractivity contribution in [2.75, 3.05) is 6.54 Å². The van der Waals surface area contributed by atoms with Crippen LogP contribution in [0.25, 0.3) is 0 Å². The van der Waals surface area contributed by atoms with E-state index in [1.165, 1.54) is 6.07 Å². The molecule has 0 radical (unpaired) electrons. The van der Waals surface area contributed by atoms with Crippen LogP contribution in [0.3, 0.4) is 0 Å². The normalized spacial score (nSPS) is 9.44. The topological polar surface area (TPSA) is 79.5 Å². The summed E-state index contributed by atoms with van der Waals surface area (Å²) in [6.07, 6.45) is 7.33. The molecule has 0 atom stereocenters. The second-order valence-electron chi connectivity index (χ2n) is 3.07. The van der Waals surface area contributed by atoms with Gasteiger partial charge < -0.3 is 14.8 Å². The van der Waals surface area contributed by atoms with Gasteiger partial charge in [0.15, 0.2) is 5.76 Å². The minimum atomic E-state index is -1.13. The zero-order chi connectivity index (χ0) is 12.0. The molecule has 0 aromatic carbocycles. The summed E-state index contributed by atoms with van der Waals surface area (Å²) in [4.78, 5) is 21.9. The van der Waals surface area contributed by atoms with Crippen molar-refractivity contribution < 1.29 is 19.1 Å². The van der Waals surface area contributed by atoms with Crippen molar-refractivity contribution >= 4 is 11.9 Å². The number of carbonyl (C=O) groups excluding carboxylic acids is 1. The number of terminal acetylenes is 1. The Morgan fingerprint density at radius 1 is 1.56 bits per heavy atom. The number of hydrogen-bond acceptors (Lipinski definition) is 3. The zero-order valence-electron chi connectivity index (χ0n) is 8.53. The molecule has 0 spiro atoms. The lowest BCUT2D eigenvalue weighted by Crippen LogP contribution is -2.23. The van der Waals surface area contributed by atoms with Gasteiger partial charge in [-0.1, -0.05) is 0 Å². The average Bonchev–Trinajstić information content (AvgIpc) is 2.73. The van der Waals surface area contributed by atoms with E-state index >= 15 is 0 Å². The fraction of sp³-hybridized carbons (Fsp3) is 0.273. The molecule has 5 nitrogen and oxygen atoms in total. The molecule has 0 saturated heterocycles. The Morgan fingerprint density at radius 2 is 2.31 bits per heavy atom. The standard InChI is InChI=1S/C11H11NO4/c1-2-3-4-5-12-10(13)9-6-8(7-16-9)11(14)15/h1,6-7H,3-5H2,(H,12,13)(H,14,15). The van der Waals surface area contributed by atoms with E-state index in [1.807, 2.05) is 0 Å². The highest BCUT2D eigenvalue weighted by Gasteiger charge is 2.13. The van der Waals surface area contributed by atoms with Crippen LogP contribution in [-0.4, -0.2) is 23.5 Å². The summed E-state index contributed by atoms with van der Waals surface area (Å²) < 4.78 is 4.81. The Labute approximate surface area is 92.4 Å². The van der Waals surface area contributed by atoms with E-state index in [2.05, 4.69) is 11.2 Å². The lowest BCUT2D eigenvalue weighted by Gasteiger charge is -1.99. The van der Waals surface area contributed by atoms with E-state index in [0.717, 1.165) is 6.26 Å². The zero-order valence-corrected chi connectivity index (χ0v) is 8.53. The van der Waals surface area contributed by atoms with E-state index in [1.54, 1.807) is 0 Å². The molecule has 1 rings (SSSR count). The number of carboxylic acids is 1. The number of carbonyl (C=O) groups is 2. The third-order valence-corrected chi connectivity index (χ3v) is 1.85. The molecule has 16 heavy (non-hydrogen) atoms. The van der Waals surface area contributed by atoms with Crippen LogP contribution in [0.4, 0.5) is 0 Å². The Bertz CT molecular complexity index is 427. The van der Waals surface area contributed by atoms with Gasteiger partial charge >= 0.3 is 5.97 Å². The van der Waals surface area contributed by atoms with E-state index in [0.29, 0.717) is 19.4 Å². The summed E-state index contributed by atoms with van der Waals surface area (Å²) in [6, 6.07) is 1.18. The Hall–Kier alpha value is -2.22. The molecule has 0 aliphatic rings. The van der Waals surface area contributed by atoms with Crippen LogP contribution >= 0.6 is 0 Å². The number of carboxylic acid groups (broad SMARTS) is 1. The maximum absolute atomic E-state index is 11.4. The molecule has 1 aromatic heterocycles. The quantitative estimate of drug-likeness (QED) is 0.576. The lowest BCUT2D eigenvalue weighted by molar-refractivity contribution is 0.0696. The SMILES string of the molecule is C#CCCCNC(=O)c1cc(C(=O)O)co1. The first-order valence-corrected chi connectivity index (χ1v) is 4.68. The van der Waals surface area contributed by atoms with Crippen molar-refractivity contribution in [2.24, 2.45) is 0 Å². The molecular weight excluding hydrogens is 210 g/mol. The van der Waals surface area contributed by atoms with Crippen LogP contribution in [0.5, 0.6) is 0 Å². The van der Waals surface area contributed by atoms with Crippen molar-refractivity contribution in [3.63, 3.8) is 0 Å². The minimum absolute atomic E-state index is 0.0156. The lowest BCUT2D eigenvalue weighted by atomic mass is 10.3. The highest BCUT2D eigenvalue weighted by molar-refractivity contribution is 5.95. The Kier molecular flexibility index (Phi) is 4.16. The number of rotatable bonds is 5. The molecule has 1 heterocycles. The average molecular weight is 221 g/mol. The van der Waals surface area contributed by atoms with Crippen molar-refractivity contribution in [2.45, 2.75) is 12.8 Å². The molecule has 5 heteroatoms. The monoisotopic (exact) mass is 221 g/mol. The van der Waals surface area contributed by atoms with Crippen molar-refractivity contribution in [3.8, 4) is 12.3 Å². The van der Waals surface area contributed by atoms with E-state index in [9.17, 15) is 9.59 Å². The van der Waals surface area contributed by atoms with Gasteiger partial charge in [-0.2, -0.15) is 0 Å². The van der Waals surface area contributed by atoms with Gasteiger partial charge in [-0.05, 0) is 6.42 Å². The van der Waals surface area contributed by atoms with Crippen LogP contribution in [0.2, 0.25) is 0 Å². The molecule has 0 aliphatic carbocycles. The molecule has 0 aliphatic heterocycles. The van der Waals surface area contributed by atoms with Crippen molar-refractivity contribution in [1.82, 2.24) is 5.32 Å². The molecule has 0 saturated carbocycles. The van der Waals surface area contributed by atoms with E-state index in [4.69, 9.17) is 15.9 Å². The molecule has 84 valence electrons. The van der Waals surface area contributed by atoms with Crippen molar-refractivity contribution in [3.05, 3.63) is 23.7 Å². The van der Waals surface area contributed by atoms with Gasteiger partial charge in [0.2, 0.25) is 0 Å². The summed E-state index contributed by atoms with van der Waals surface area (Å²) in [6.45, 7) is 0.437. The molecule has 1 aromatic rings. The largest absolute Gasteiger partial charge is 0.478 e. The molecule has 1 amide bonds. The van der Waals surface area contributed by atoms with E-state index in [-0.39, 0.29) is 11.3 Å². The maximum Gasteiger partial charge on any atom is 0.338 e. The third kappa shape index (κ3) is 3.17. The number of unbranched alkanes of at least 4 members (excludes halogenated alkanes) is 1. The third-order valence-electron chi connectivity index (χ3n) is 1.85. The number of amides is 1. The summed E-state index contributed by atoms with van der Waals surface area (Å²) in [5.74, 6) is 0.862. The van der Waals surface area contributed by atoms with Gasteiger partial charge in [0.1, 0.15) is 6.26 Å². The van der Waals surface area contributed by atoms with Gasteiger partial charge in [0.05, 0.1) is 5.56 Å². The van der Waals surface area contributed by atoms with E-state index < -0.39 is 11.9 Å². The first-order chi connectivity index (χ1) is 7.65. The van der Waals surface area contributed by atoms with Crippen LogP contribution in [0, 0.1) is 12.3 Å². The fourth-order valence-corrected chi connectivity index (χ4v) is 1.05. The second kappa shape index (κ2) is 5.61. The smallest absolute Gasteiger partial charge is 0.338 e. The number of nitrogens with one attached hydrogen (secondary N) is 1. The second-order valence-corrected chi connectivity index (χ2v) is 3.07. The van der Waals surface area contributed by atoms with Gasteiger partial charge in [0, 0.05) is 19.0 Å². The van der Waals surface area contributed by atoms with Crippen molar-refractivity contribution in [1.29, 1.82) is 0 Å². The highest BCUT2D eigenvalue weighted by atomic mass is 16.4. The Morgan fingerprint density at radius 3 is 2.88 bits per heavy atom. The van der Waals surface area contributed by atoms with Crippen LogP contribution in [-0.2, 0) is 0 Å². The highest BCUT2D eigenvalue weighted by Crippen LogP contribution is 2.07. The molecule has 0 bridgehead atoms. The number of aromatic carboxylic acids is 1. The molecule has 2 N–H and O–H groups in total. The predicted octanol–water partition coefficient (Wildman–Crippen LogP) is 1.12. The first-order valence-electron chi connectivity index (χ1n) is 4.68. The van der Waals surface area contributed by atoms with Crippen LogP contribution < -0.4 is 5.32 Å². The fourth-order valence-electron chi connectivity index (χ4n) is 1.05. The minimum Gasteiger partial charge on any atom is -0.478 e. The molecule has 0 unspecified atom stereocenters. The first kappa shape index (κ1) is 11.9.